The molecule has 2 fully saturated rings. The Kier molecular flexibility index (Phi) is 8.82. The van der Waals surface area contributed by atoms with Gasteiger partial charge in [-0.15, -0.1) is 0 Å². The average molecular weight is 547 g/mol. The van der Waals surface area contributed by atoms with Crippen molar-refractivity contribution in [1.29, 1.82) is 5.26 Å². The van der Waals surface area contributed by atoms with Gasteiger partial charge in [0.15, 0.2) is 0 Å². The maximum Gasteiger partial charge on any atom is 0.141 e. The molecule has 0 amide bonds. The van der Waals surface area contributed by atoms with Crippen molar-refractivity contribution in [3.63, 3.8) is 0 Å². The molecule has 4 aromatic rings. The normalized spacial score (nSPS) is 25.8. The van der Waals surface area contributed by atoms with Crippen LogP contribution in [-0.4, -0.2) is 42.1 Å². The van der Waals surface area contributed by atoms with Crippen LogP contribution in [0.3, 0.4) is 0 Å². The molecule has 6 rings (SSSR count). The van der Waals surface area contributed by atoms with Crippen molar-refractivity contribution in [2.45, 2.75) is 56.4 Å². The summed E-state index contributed by atoms with van der Waals surface area (Å²) in [5, 5.41) is 10.6. The molecule has 2 heterocycles. The molecule has 0 aliphatic carbocycles. The van der Waals surface area contributed by atoms with E-state index in [4.69, 9.17) is 18.9 Å². The average Bonchev–Trinajstić information content (AvgIpc) is 3.48. The van der Waals surface area contributed by atoms with E-state index < -0.39 is 30.6 Å². The third kappa shape index (κ3) is 6.25. The highest BCUT2D eigenvalue weighted by Crippen LogP contribution is 2.42. The third-order valence-electron chi connectivity index (χ3n) is 7.81. The van der Waals surface area contributed by atoms with E-state index in [1.54, 1.807) is 0 Å². The van der Waals surface area contributed by atoms with Gasteiger partial charge in [0, 0.05) is 0 Å². The molecule has 2 aliphatic rings. The van der Waals surface area contributed by atoms with Crippen LogP contribution in [0.15, 0.2) is 121 Å². The number of hydrogen-bond acceptors (Lipinski definition) is 6. The van der Waals surface area contributed by atoms with Crippen LogP contribution in [-0.2, 0) is 38.8 Å². The summed E-state index contributed by atoms with van der Waals surface area (Å²) < 4.78 is 26.4. The molecule has 0 unspecified atom stereocenters. The molecule has 2 aliphatic heterocycles. The summed E-state index contributed by atoms with van der Waals surface area (Å²) in [6, 6.07) is 42.2. The Morgan fingerprint density at radius 3 is 1.54 bits per heavy atom. The van der Waals surface area contributed by atoms with Crippen LogP contribution in [0.1, 0.15) is 28.3 Å². The second-order valence-electron chi connectivity index (χ2n) is 10.5. The fourth-order valence-corrected chi connectivity index (χ4v) is 5.79. The highest BCUT2D eigenvalue weighted by atomic mass is 16.6. The number of hydrogen-bond donors (Lipinski definition) is 0. The Balaban J connectivity index is 1.35. The van der Waals surface area contributed by atoms with Crippen LogP contribution in [0.4, 0.5) is 0 Å². The van der Waals surface area contributed by atoms with Gasteiger partial charge in [-0.1, -0.05) is 121 Å². The highest BCUT2D eigenvalue weighted by Gasteiger charge is 2.57. The summed E-state index contributed by atoms with van der Waals surface area (Å²) in [4.78, 5) is 2.14. The lowest BCUT2D eigenvalue weighted by molar-refractivity contribution is -0.243. The lowest BCUT2D eigenvalue weighted by atomic mass is 9.90. The minimum absolute atomic E-state index is 0.105. The van der Waals surface area contributed by atoms with E-state index in [0.29, 0.717) is 26.4 Å². The van der Waals surface area contributed by atoms with Crippen LogP contribution >= 0.6 is 0 Å². The highest BCUT2D eigenvalue weighted by molar-refractivity contribution is 5.24. The molecule has 0 saturated carbocycles. The summed E-state index contributed by atoms with van der Waals surface area (Å²) in [5.41, 5.74) is 4.24. The predicted molar refractivity (Wildman–Crippen MR) is 155 cm³/mol. The molecule has 41 heavy (non-hydrogen) atoms. The minimum Gasteiger partial charge on any atom is -0.368 e. The summed E-state index contributed by atoms with van der Waals surface area (Å²) in [5.74, 6) is 0. The Bertz CT molecular complexity index is 1400. The van der Waals surface area contributed by atoms with Crippen molar-refractivity contribution >= 4 is 0 Å². The lowest BCUT2D eigenvalue weighted by Crippen LogP contribution is -2.66. The van der Waals surface area contributed by atoms with E-state index in [9.17, 15) is 5.26 Å². The van der Waals surface area contributed by atoms with Gasteiger partial charge < -0.3 is 18.9 Å². The molecule has 0 radical (unpaired) electrons. The zero-order chi connectivity index (χ0) is 27.9. The largest absolute Gasteiger partial charge is 0.368 e. The molecule has 4 aromatic carbocycles. The molecule has 0 spiro atoms. The van der Waals surface area contributed by atoms with Crippen molar-refractivity contribution in [1.82, 2.24) is 4.90 Å². The van der Waals surface area contributed by atoms with Crippen molar-refractivity contribution in [2.24, 2.45) is 0 Å². The third-order valence-corrected chi connectivity index (χ3v) is 7.81. The summed E-state index contributed by atoms with van der Waals surface area (Å²) in [6.07, 6.45) is -2.07. The molecular formula is C35H34N2O4. The van der Waals surface area contributed by atoms with E-state index in [1.165, 1.54) is 0 Å². The van der Waals surface area contributed by atoms with Gasteiger partial charge in [0.2, 0.25) is 0 Å². The molecule has 0 bridgehead atoms. The molecule has 2 saturated heterocycles. The van der Waals surface area contributed by atoms with E-state index in [0.717, 1.165) is 22.3 Å². The van der Waals surface area contributed by atoms with Gasteiger partial charge >= 0.3 is 0 Å². The Hall–Kier alpha value is -3.83. The van der Waals surface area contributed by atoms with Gasteiger partial charge in [0.05, 0.1) is 38.5 Å². The van der Waals surface area contributed by atoms with Crippen molar-refractivity contribution in [3.8, 4) is 6.07 Å². The smallest absolute Gasteiger partial charge is 0.141 e. The minimum atomic E-state index is -0.603. The van der Waals surface area contributed by atoms with Crippen LogP contribution in [0.2, 0.25) is 0 Å². The fraction of sp³-hybridized carbons (Fsp3) is 0.286. The summed E-state index contributed by atoms with van der Waals surface area (Å²) in [6.45, 7) is 1.57. The van der Waals surface area contributed by atoms with Crippen LogP contribution in [0, 0.1) is 11.3 Å². The number of benzene rings is 4. The quantitative estimate of drug-likeness (QED) is 0.241. The maximum atomic E-state index is 10.6. The standard InChI is InChI=1S/C35H34N2O4/c36-21-30-32(38-22-26-13-5-1-6-14-26)33(39-23-27-15-7-2-8-16-27)34(40-24-28-17-9-3-10-18-28)35-37(30)31(25-41-35)29-19-11-4-12-20-29/h1-20,30-35H,22-25H2/t30-,31+,32+,33-,34+,35-/m1/s1. The maximum absolute atomic E-state index is 10.6. The molecule has 0 aromatic heterocycles. The molecular weight excluding hydrogens is 512 g/mol. The van der Waals surface area contributed by atoms with Crippen LogP contribution < -0.4 is 0 Å². The molecule has 6 heteroatoms. The van der Waals surface area contributed by atoms with E-state index in [1.807, 2.05) is 109 Å². The van der Waals surface area contributed by atoms with E-state index in [-0.39, 0.29) is 6.04 Å². The second kappa shape index (κ2) is 13.2. The SMILES string of the molecule is N#C[C@@H]1[C@H](OCc2ccccc2)[C@@H](OCc2ccccc2)[C@H](OCc2ccccc2)[C@H]2OC[C@@H](c3ccccc3)N12. The van der Waals surface area contributed by atoms with Gasteiger partial charge in [0.1, 0.15) is 30.6 Å². The number of piperidine rings is 1. The molecule has 6 atom stereocenters. The van der Waals surface area contributed by atoms with Crippen molar-refractivity contribution in [2.75, 3.05) is 6.61 Å². The second-order valence-corrected chi connectivity index (χ2v) is 10.5. The number of nitrogens with zero attached hydrogens (tertiary/aromatic N) is 2. The summed E-state index contributed by atoms with van der Waals surface area (Å²) >= 11 is 0. The first-order valence-electron chi connectivity index (χ1n) is 14.1. The molecule has 0 N–H and O–H groups in total. The van der Waals surface area contributed by atoms with E-state index >= 15 is 0 Å². The first-order valence-corrected chi connectivity index (χ1v) is 14.1. The number of rotatable bonds is 10. The zero-order valence-corrected chi connectivity index (χ0v) is 22.9. The molecule has 6 nitrogen and oxygen atoms in total. The topological polar surface area (TPSA) is 64.0 Å². The van der Waals surface area contributed by atoms with Gasteiger partial charge in [-0.2, -0.15) is 5.26 Å². The Morgan fingerprint density at radius 1 is 0.610 bits per heavy atom. The van der Waals surface area contributed by atoms with Crippen molar-refractivity contribution in [3.05, 3.63) is 144 Å². The zero-order valence-electron chi connectivity index (χ0n) is 22.9. The molecule has 208 valence electrons. The van der Waals surface area contributed by atoms with Crippen LogP contribution in [0.5, 0.6) is 0 Å². The number of ether oxygens (including phenoxy) is 4. The fourth-order valence-electron chi connectivity index (χ4n) is 5.79. The Labute approximate surface area is 241 Å². The van der Waals surface area contributed by atoms with E-state index in [2.05, 4.69) is 23.1 Å². The van der Waals surface area contributed by atoms with Gasteiger partial charge in [-0.05, 0) is 22.3 Å². The van der Waals surface area contributed by atoms with Crippen molar-refractivity contribution < 1.29 is 18.9 Å². The van der Waals surface area contributed by atoms with Gasteiger partial charge in [-0.25, -0.2) is 4.90 Å². The van der Waals surface area contributed by atoms with Crippen LogP contribution in [0.25, 0.3) is 0 Å². The lowest BCUT2D eigenvalue weighted by Gasteiger charge is -2.48. The predicted octanol–water partition coefficient (Wildman–Crippen LogP) is 6.05. The van der Waals surface area contributed by atoms with Gasteiger partial charge in [-0.3, -0.25) is 0 Å². The summed E-state index contributed by atoms with van der Waals surface area (Å²) in [7, 11) is 0. The Morgan fingerprint density at radius 2 is 1.05 bits per heavy atom. The number of nitriles is 1. The monoisotopic (exact) mass is 546 g/mol. The van der Waals surface area contributed by atoms with Gasteiger partial charge in [0.25, 0.3) is 0 Å². The number of fused-ring (bicyclic) bond motifs is 1. The first kappa shape index (κ1) is 27.3. The first-order chi connectivity index (χ1) is 20.3.